The van der Waals surface area contributed by atoms with Gasteiger partial charge in [-0.2, -0.15) is 31.4 Å². The second kappa shape index (κ2) is 11.9. The highest BCUT2D eigenvalue weighted by Gasteiger charge is 2.50. The summed E-state index contributed by atoms with van der Waals surface area (Å²) in [5, 5.41) is 3.75. The molecule has 0 radical (unpaired) electrons. The minimum Gasteiger partial charge on any atom is -0.469 e. The molecule has 0 aromatic carbocycles. The summed E-state index contributed by atoms with van der Waals surface area (Å²) in [4.78, 5) is 24.8. The van der Waals surface area contributed by atoms with Crippen LogP contribution in [0.15, 0.2) is 11.0 Å². The quantitative estimate of drug-likeness (QED) is 0.180. The second-order valence-corrected chi connectivity index (χ2v) is 15.4. The molecule has 1 aliphatic rings. The summed E-state index contributed by atoms with van der Waals surface area (Å²) >= 11 is 0. The van der Waals surface area contributed by atoms with Crippen molar-refractivity contribution in [3.63, 3.8) is 0 Å². The number of hydrogen-bond donors (Lipinski definition) is 0. The summed E-state index contributed by atoms with van der Waals surface area (Å²) in [7, 11) is -0.325. The van der Waals surface area contributed by atoms with Gasteiger partial charge in [-0.1, -0.05) is 19.6 Å². The maximum atomic E-state index is 14.0. The fourth-order valence-electron chi connectivity index (χ4n) is 3.67. The molecule has 15 heteroatoms. The zero-order chi connectivity index (χ0) is 27.3. The van der Waals surface area contributed by atoms with E-state index >= 15 is 0 Å². The van der Waals surface area contributed by atoms with Gasteiger partial charge in [0, 0.05) is 21.2 Å². The van der Waals surface area contributed by atoms with Crippen LogP contribution in [0.5, 0.6) is 0 Å². The van der Waals surface area contributed by atoms with E-state index in [9.17, 15) is 35.9 Å². The molecule has 0 spiro atoms. The third-order valence-corrected chi connectivity index (χ3v) is 7.40. The molecule has 0 amide bonds. The van der Waals surface area contributed by atoms with Crippen molar-refractivity contribution in [3.8, 4) is 0 Å². The van der Waals surface area contributed by atoms with E-state index in [1.165, 1.54) is 0 Å². The van der Waals surface area contributed by atoms with Gasteiger partial charge >= 0.3 is 18.3 Å². The van der Waals surface area contributed by atoms with Gasteiger partial charge in [0.2, 0.25) is 0 Å². The molecular formula is C21H31F6N3O5Si. The number of alkyl halides is 6. The second-order valence-electron chi connectivity index (χ2n) is 9.74. The monoisotopic (exact) mass is 547 g/mol. The molecule has 36 heavy (non-hydrogen) atoms. The minimum absolute atomic E-state index is 0.172. The summed E-state index contributed by atoms with van der Waals surface area (Å²) in [5.41, 5.74) is -3.87. The fourth-order valence-corrected chi connectivity index (χ4v) is 4.43. The smallest absolute Gasteiger partial charge is 0.423 e. The summed E-state index contributed by atoms with van der Waals surface area (Å²) in [5.74, 6) is -2.54. The molecule has 0 bridgehead atoms. The van der Waals surface area contributed by atoms with Gasteiger partial charge in [-0.3, -0.25) is 9.59 Å². The number of hydrogen-bond acceptors (Lipinski definition) is 7. The van der Waals surface area contributed by atoms with Crippen LogP contribution in [0.1, 0.15) is 18.4 Å². The van der Waals surface area contributed by atoms with Gasteiger partial charge in [0.15, 0.2) is 0 Å². The van der Waals surface area contributed by atoms with Crippen LogP contribution < -0.4 is 10.5 Å². The average molecular weight is 548 g/mol. The topological polar surface area (TPSA) is 82.9 Å². The number of nitrogens with zero attached hydrogens (tertiary/aromatic N) is 3. The molecule has 0 N–H and O–H groups in total. The van der Waals surface area contributed by atoms with Crippen molar-refractivity contribution < 1.29 is 45.3 Å². The molecule has 8 nitrogen and oxygen atoms in total. The molecular weight excluding hydrogens is 516 g/mol. The van der Waals surface area contributed by atoms with Crippen molar-refractivity contribution in [3.05, 3.63) is 22.1 Å². The Labute approximate surface area is 205 Å². The normalized spacial score (nSPS) is 19.1. The minimum atomic E-state index is -5.15. The number of halogens is 6. The molecule has 0 aliphatic carbocycles. The molecule has 2 rings (SSSR count). The number of anilines is 1. The molecule has 1 aromatic rings. The SMILES string of the molecule is COC(=O)CCOC[C@@H]1C[C@H](C(F)(F)F)CN1c1cnn(COCC[Si](C)(C)C)c(=O)c1C(F)(F)F. The van der Waals surface area contributed by atoms with E-state index in [4.69, 9.17) is 9.47 Å². The van der Waals surface area contributed by atoms with Crippen LogP contribution >= 0.6 is 0 Å². The average Bonchev–Trinajstić information content (AvgIpc) is 3.17. The molecule has 2 atom stereocenters. The molecule has 0 unspecified atom stereocenters. The van der Waals surface area contributed by atoms with E-state index < -0.39 is 74.9 Å². The zero-order valence-corrected chi connectivity index (χ0v) is 21.5. The van der Waals surface area contributed by atoms with E-state index in [0.717, 1.165) is 24.3 Å². The van der Waals surface area contributed by atoms with Crippen LogP contribution in [-0.2, 0) is 31.9 Å². The first-order chi connectivity index (χ1) is 16.5. The number of aromatic nitrogens is 2. The van der Waals surface area contributed by atoms with E-state index in [1.807, 2.05) is 0 Å². The Bertz CT molecular complexity index is 948. The van der Waals surface area contributed by atoms with Gasteiger partial charge in [0.25, 0.3) is 5.56 Å². The first-order valence-electron chi connectivity index (χ1n) is 11.3. The predicted octanol–water partition coefficient (Wildman–Crippen LogP) is 3.91. The van der Waals surface area contributed by atoms with E-state index in [1.54, 1.807) is 0 Å². The van der Waals surface area contributed by atoms with Crippen molar-refractivity contribution in [2.45, 2.75) is 63.7 Å². The van der Waals surface area contributed by atoms with Crippen LogP contribution in [0, 0.1) is 5.92 Å². The Hall–Kier alpha value is -2.13. The maximum Gasteiger partial charge on any atom is 0.423 e. The number of ether oxygens (including phenoxy) is 3. The van der Waals surface area contributed by atoms with Crippen LogP contribution in [0.3, 0.4) is 0 Å². The standard InChI is InChI=1S/C21H31F6N3O5Si/c1-33-17(31)5-6-34-12-15-9-14(20(22,23)24)11-29(15)16-10-28-30(13-35-7-8-36(2,3)4)19(32)18(16)21(25,26)27/h10,14-15H,5-9,11-13H2,1-4H3/t14-,15-/m0/s1. The maximum absolute atomic E-state index is 14.0. The predicted molar refractivity (Wildman–Crippen MR) is 120 cm³/mol. The largest absolute Gasteiger partial charge is 0.469 e. The van der Waals surface area contributed by atoms with Crippen molar-refractivity contribution in [2.24, 2.45) is 5.92 Å². The van der Waals surface area contributed by atoms with E-state index in [0.29, 0.717) is 4.68 Å². The van der Waals surface area contributed by atoms with Gasteiger partial charge in [-0.15, -0.1) is 0 Å². The molecule has 2 heterocycles. The Morgan fingerprint density at radius 2 is 1.81 bits per heavy atom. The van der Waals surface area contributed by atoms with Gasteiger partial charge in [-0.25, -0.2) is 4.68 Å². The molecule has 1 aromatic heterocycles. The van der Waals surface area contributed by atoms with Crippen molar-refractivity contribution in [1.82, 2.24) is 9.78 Å². The first kappa shape index (κ1) is 30.1. The van der Waals surface area contributed by atoms with Crippen LogP contribution in [0.4, 0.5) is 32.0 Å². The first-order valence-corrected chi connectivity index (χ1v) is 15.0. The fraction of sp³-hybridized carbons (Fsp3) is 0.762. The van der Waals surface area contributed by atoms with E-state index in [2.05, 4.69) is 29.5 Å². The molecule has 1 saturated heterocycles. The molecule has 1 fully saturated rings. The Kier molecular flexibility index (Phi) is 9.98. The third kappa shape index (κ3) is 8.47. The van der Waals surface area contributed by atoms with Gasteiger partial charge in [0.1, 0.15) is 12.3 Å². The van der Waals surface area contributed by atoms with Gasteiger partial charge < -0.3 is 19.1 Å². The summed E-state index contributed by atoms with van der Waals surface area (Å²) < 4.78 is 97.8. The van der Waals surface area contributed by atoms with Crippen molar-refractivity contribution in [2.75, 3.05) is 38.4 Å². The Morgan fingerprint density at radius 3 is 2.36 bits per heavy atom. The van der Waals surface area contributed by atoms with Gasteiger partial charge in [-0.05, 0) is 12.5 Å². The van der Waals surface area contributed by atoms with E-state index in [-0.39, 0.29) is 26.2 Å². The summed E-state index contributed by atoms with van der Waals surface area (Å²) in [6, 6.07) is -0.406. The van der Waals surface area contributed by atoms with Crippen LogP contribution in [0.25, 0.3) is 0 Å². The number of carbonyl (C=O) groups excluding carboxylic acids is 1. The van der Waals surface area contributed by atoms with Crippen LogP contribution in [0.2, 0.25) is 25.7 Å². The number of methoxy groups -OCH3 is 1. The van der Waals surface area contributed by atoms with Crippen molar-refractivity contribution in [1.29, 1.82) is 0 Å². The highest BCUT2D eigenvalue weighted by atomic mass is 28.3. The molecule has 206 valence electrons. The third-order valence-electron chi connectivity index (χ3n) is 5.69. The number of carbonyl (C=O) groups is 1. The highest BCUT2D eigenvalue weighted by Crippen LogP contribution is 2.42. The lowest BCUT2D eigenvalue weighted by Gasteiger charge is -2.29. The lowest BCUT2D eigenvalue weighted by Crippen LogP contribution is -2.40. The van der Waals surface area contributed by atoms with Crippen LogP contribution in [-0.4, -0.2) is 69.5 Å². The van der Waals surface area contributed by atoms with Crippen molar-refractivity contribution >= 4 is 19.7 Å². The molecule has 0 saturated carbocycles. The number of esters is 1. The highest BCUT2D eigenvalue weighted by molar-refractivity contribution is 6.76. The zero-order valence-electron chi connectivity index (χ0n) is 20.5. The summed E-state index contributed by atoms with van der Waals surface area (Å²) in [6.07, 6.45) is -9.78. The lowest BCUT2D eigenvalue weighted by atomic mass is 10.1. The summed E-state index contributed by atoms with van der Waals surface area (Å²) in [6.45, 7) is 4.59. The van der Waals surface area contributed by atoms with Gasteiger partial charge in [0.05, 0.1) is 50.6 Å². The Morgan fingerprint density at radius 1 is 1.14 bits per heavy atom. The molecule has 1 aliphatic heterocycles. The number of rotatable bonds is 11. The lowest BCUT2D eigenvalue weighted by molar-refractivity contribution is -0.169. The Balaban J connectivity index is 2.32.